The molecule has 0 amide bonds. The first-order valence-corrected chi connectivity index (χ1v) is 10.4. The molecule has 0 aliphatic carbocycles. The van der Waals surface area contributed by atoms with E-state index in [0.717, 1.165) is 44.6 Å². The number of fused-ring (bicyclic) bond motifs is 1. The fourth-order valence-electron chi connectivity index (χ4n) is 3.90. The first-order valence-electron chi connectivity index (χ1n) is 10.4. The Morgan fingerprint density at radius 3 is 2.81 bits per heavy atom. The molecule has 32 heavy (non-hydrogen) atoms. The number of ether oxygens (including phenoxy) is 2. The first-order chi connectivity index (χ1) is 15.4. The van der Waals surface area contributed by atoms with Gasteiger partial charge in [0.05, 0.1) is 17.3 Å². The lowest BCUT2D eigenvalue weighted by molar-refractivity contribution is -0.137. The summed E-state index contributed by atoms with van der Waals surface area (Å²) in [5.74, 6) is 0.494. The van der Waals surface area contributed by atoms with Crippen molar-refractivity contribution in [2.24, 2.45) is 0 Å². The van der Waals surface area contributed by atoms with Gasteiger partial charge in [0.1, 0.15) is 11.4 Å². The molecule has 0 bridgehead atoms. The van der Waals surface area contributed by atoms with Crippen LogP contribution < -0.4 is 10.1 Å². The molecule has 11 heteroatoms. The van der Waals surface area contributed by atoms with Crippen LogP contribution in [0.4, 0.5) is 19.1 Å². The van der Waals surface area contributed by atoms with E-state index >= 15 is 0 Å². The van der Waals surface area contributed by atoms with Crippen molar-refractivity contribution in [3.05, 3.63) is 36.0 Å². The Morgan fingerprint density at radius 1 is 1.22 bits per heavy atom. The average Bonchev–Trinajstić information content (AvgIpc) is 3.28. The van der Waals surface area contributed by atoms with Crippen LogP contribution in [-0.4, -0.2) is 64.3 Å². The van der Waals surface area contributed by atoms with E-state index in [0.29, 0.717) is 22.7 Å². The fraction of sp³-hybridized carbons (Fsp3) is 0.476. The number of piperidine rings is 1. The number of nitrogens with one attached hydrogen (secondary N) is 1. The highest BCUT2D eigenvalue weighted by atomic mass is 19.4. The zero-order valence-corrected chi connectivity index (χ0v) is 17.9. The lowest BCUT2D eigenvalue weighted by Gasteiger charge is -2.32. The van der Waals surface area contributed by atoms with Crippen LogP contribution in [0.2, 0.25) is 0 Å². The molecule has 4 rings (SSSR count). The van der Waals surface area contributed by atoms with Crippen molar-refractivity contribution in [3.63, 3.8) is 0 Å². The van der Waals surface area contributed by atoms with Crippen molar-refractivity contribution in [1.29, 1.82) is 0 Å². The van der Waals surface area contributed by atoms with E-state index in [4.69, 9.17) is 9.47 Å². The molecule has 3 heterocycles. The minimum Gasteiger partial charge on any atom is -0.467 e. The van der Waals surface area contributed by atoms with E-state index in [-0.39, 0.29) is 18.6 Å². The Morgan fingerprint density at radius 2 is 2.06 bits per heavy atom. The first kappa shape index (κ1) is 22.3. The molecule has 3 aromatic rings. The number of likely N-dealkylation sites (tertiary alicyclic amines) is 1. The molecule has 0 saturated carbocycles. The normalized spacial score (nSPS) is 17.6. The molecule has 1 fully saturated rings. The third-order valence-electron chi connectivity index (χ3n) is 5.51. The van der Waals surface area contributed by atoms with Gasteiger partial charge in [-0.3, -0.25) is 0 Å². The molecule has 172 valence electrons. The fourth-order valence-corrected chi connectivity index (χ4v) is 3.90. The van der Waals surface area contributed by atoms with Gasteiger partial charge < -0.3 is 19.7 Å². The van der Waals surface area contributed by atoms with Gasteiger partial charge in [0, 0.05) is 25.3 Å². The molecule has 1 aromatic carbocycles. The van der Waals surface area contributed by atoms with E-state index in [1.165, 1.54) is 13.2 Å². The summed E-state index contributed by atoms with van der Waals surface area (Å²) >= 11 is 0. The summed E-state index contributed by atoms with van der Waals surface area (Å²) in [5.41, 5.74) is 0.523. The topological polar surface area (TPSA) is 76.8 Å². The van der Waals surface area contributed by atoms with Crippen molar-refractivity contribution in [2.45, 2.75) is 32.0 Å². The maximum atomic E-state index is 13.2. The third-order valence-corrected chi connectivity index (χ3v) is 5.51. The third kappa shape index (κ3) is 4.63. The summed E-state index contributed by atoms with van der Waals surface area (Å²) in [6.45, 7) is 4.89. The van der Waals surface area contributed by atoms with Gasteiger partial charge in [0.25, 0.3) is 0 Å². The number of alkyl halides is 3. The SMILES string of the molecule is CCN1CCC[C@@H](Nc2nnc(-c3ccc(C(F)(F)F)cc3OCOC)c3ccnn23)C1. The van der Waals surface area contributed by atoms with E-state index in [1.807, 2.05) is 0 Å². The molecule has 1 aliphatic rings. The molecule has 0 radical (unpaired) electrons. The van der Waals surface area contributed by atoms with Crippen LogP contribution in [0.25, 0.3) is 16.8 Å². The maximum Gasteiger partial charge on any atom is 0.416 e. The van der Waals surface area contributed by atoms with Crippen LogP contribution >= 0.6 is 0 Å². The number of rotatable bonds is 7. The van der Waals surface area contributed by atoms with Crippen molar-refractivity contribution in [1.82, 2.24) is 24.7 Å². The Kier molecular flexibility index (Phi) is 6.47. The molecule has 1 aliphatic heterocycles. The van der Waals surface area contributed by atoms with Gasteiger partial charge in [-0.25, -0.2) is 0 Å². The zero-order chi connectivity index (χ0) is 22.7. The number of likely N-dealkylation sites (N-methyl/N-ethyl adjacent to an activating group) is 1. The molecule has 0 spiro atoms. The van der Waals surface area contributed by atoms with Crippen LogP contribution in [0.5, 0.6) is 5.75 Å². The van der Waals surface area contributed by atoms with E-state index < -0.39 is 11.7 Å². The van der Waals surface area contributed by atoms with Gasteiger partial charge in [-0.2, -0.15) is 22.8 Å². The number of nitrogens with zero attached hydrogens (tertiary/aromatic N) is 5. The highest BCUT2D eigenvalue weighted by Gasteiger charge is 2.32. The molecule has 0 unspecified atom stereocenters. The quantitative estimate of drug-likeness (QED) is 0.550. The summed E-state index contributed by atoms with van der Waals surface area (Å²) in [6.07, 6.45) is -0.796. The Balaban J connectivity index is 1.70. The lowest BCUT2D eigenvalue weighted by Crippen LogP contribution is -2.42. The number of hydrogen-bond acceptors (Lipinski definition) is 7. The molecule has 8 nitrogen and oxygen atoms in total. The monoisotopic (exact) mass is 450 g/mol. The smallest absolute Gasteiger partial charge is 0.416 e. The Hall–Kier alpha value is -2.92. The van der Waals surface area contributed by atoms with Crippen LogP contribution in [0.1, 0.15) is 25.3 Å². The minimum absolute atomic E-state index is 0.00523. The number of benzene rings is 1. The summed E-state index contributed by atoms with van der Waals surface area (Å²) in [6, 6.07) is 5.22. The predicted molar refractivity (Wildman–Crippen MR) is 112 cm³/mol. The molecule has 1 N–H and O–H groups in total. The zero-order valence-electron chi connectivity index (χ0n) is 17.9. The van der Waals surface area contributed by atoms with Crippen molar-refractivity contribution < 1.29 is 22.6 Å². The minimum atomic E-state index is -4.50. The lowest BCUT2D eigenvalue weighted by atomic mass is 10.1. The van der Waals surface area contributed by atoms with Gasteiger partial charge >= 0.3 is 6.18 Å². The molecule has 1 saturated heterocycles. The van der Waals surface area contributed by atoms with Crippen molar-refractivity contribution in [2.75, 3.05) is 38.9 Å². The number of hydrogen-bond donors (Lipinski definition) is 1. The largest absolute Gasteiger partial charge is 0.467 e. The highest BCUT2D eigenvalue weighted by molar-refractivity contribution is 5.81. The van der Waals surface area contributed by atoms with Gasteiger partial charge in [-0.1, -0.05) is 6.92 Å². The van der Waals surface area contributed by atoms with E-state index in [9.17, 15) is 13.2 Å². The van der Waals surface area contributed by atoms with Gasteiger partial charge in [-0.05, 0) is 50.2 Å². The average molecular weight is 450 g/mol. The molecular formula is C21H25F3N6O2. The van der Waals surface area contributed by atoms with Crippen LogP contribution in [0.15, 0.2) is 30.5 Å². The summed E-state index contributed by atoms with van der Waals surface area (Å²) in [5, 5.41) is 16.4. The Labute approximate surface area is 183 Å². The van der Waals surface area contributed by atoms with Gasteiger partial charge in [-0.15, -0.1) is 10.2 Å². The van der Waals surface area contributed by atoms with Crippen molar-refractivity contribution >= 4 is 11.5 Å². The van der Waals surface area contributed by atoms with Crippen LogP contribution in [0, 0.1) is 0 Å². The number of methoxy groups -OCH3 is 1. The van der Waals surface area contributed by atoms with E-state index in [2.05, 4.69) is 32.4 Å². The Bertz CT molecular complexity index is 1070. The molecule has 1 atom stereocenters. The highest BCUT2D eigenvalue weighted by Crippen LogP contribution is 2.38. The predicted octanol–water partition coefficient (Wildman–Crippen LogP) is 3.69. The van der Waals surface area contributed by atoms with Crippen LogP contribution in [-0.2, 0) is 10.9 Å². The molecule has 2 aromatic heterocycles. The van der Waals surface area contributed by atoms with Crippen LogP contribution in [0.3, 0.4) is 0 Å². The maximum absolute atomic E-state index is 13.2. The number of halogens is 3. The standard InChI is InChI=1S/C21H25F3N6O2/c1-3-29-10-4-5-15(12-29)26-20-28-27-19(17-8-9-25-30(17)20)16-7-6-14(21(22,23)24)11-18(16)32-13-31-2/h6-9,11,15H,3-5,10,12-13H2,1-2H3,(H,26,28)/t15-/m1/s1. The summed E-state index contributed by atoms with van der Waals surface area (Å²) < 4.78 is 51.6. The number of anilines is 1. The summed E-state index contributed by atoms with van der Waals surface area (Å²) in [4.78, 5) is 2.37. The van der Waals surface area contributed by atoms with Gasteiger partial charge in [0.2, 0.25) is 5.95 Å². The second-order valence-corrected chi connectivity index (χ2v) is 7.64. The number of aromatic nitrogens is 4. The van der Waals surface area contributed by atoms with Crippen molar-refractivity contribution in [3.8, 4) is 17.0 Å². The second kappa shape index (κ2) is 9.29. The van der Waals surface area contributed by atoms with E-state index in [1.54, 1.807) is 16.8 Å². The second-order valence-electron chi connectivity index (χ2n) is 7.64. The van der Waals surface area contributed by atoms with Gasteiger partial charge in [0.15, 0.2) is 6.79 Å². The summed E-state index contributed by atoms with van der Waals surface area (Å²) in [7, 11) is 1.40. The molecular weight excluding hydrogens is 425 g/mol.